The second-order valence-corrected chi connectivity index (χ2v) is 7.87. The smallest absolute Gasteiger partial charge is 0.163 e. The first kappa shape index (κ1) is 15.3. The van der Waals surface area contributed by atoms with E-state index in [1.54, 1.807) is 6.33 Å². The van der Waals surface area contributed by atoms with Gasteiger partial charge in [-0.05, 0) is 45.1 Å². The zero-order valence-electron chi connectivity index (χ0n) is 14.7. The van der Waals surface area contributed by atoms with Crippen molar-refractivity contribution in [2.24, 2.45) is 5.92 Å². The molecule has 6 heteroatoms. The number of hydrogen-bond donors (Lipinski definition) is 1. The van der Waals surface area contributed by atoms with Crippen molar-refractivity contribution in [1.29, 1.82) is 0 Å². The highest BCUT2D eigenvalue weighted by atomic mass is 16.8. The van der Waals surface area contributed by atoms with Gasteiger partial charge in [-0.3, -0.25) is 0 Å². The summed E-state index contributed by atoms with van der Waals surface area (Å²) in [5.74, 6) is 0.307. The lowest BCUT2D eigenvalue weighted by atomic mass is 10.1. The first-order chi connectivity index (χ1) is 12.0. The fourth-order valence-corrected chi connectivity index (χ4v) is 5.09. The minimum atomic E-state index is -0.560. The molecule has 3 aliphatic rings. The highest BCUT2D eigenvalue weighted by molar-refractivity contribution is 5.91. The van der Waals surface area contributed by atoms with Gasteiger partial charge in [0.1, 0.15) is 23.9 Å². The zero-order chi connectivity index (χ0) is 17.3. The Bertz CT molecular complexity index is 872. The third-order valence-corrected chi connectivity index (χ3v) is 5.98. The molecule has 0 amide bonds. The van der Waals surface area contributed by atoms with Gasteiger partial charge in [0.05, 0.1) is 17.5 Å². The quantitative estimate of drug-likeness (QED) is 0.851. The van der Waals surface area contributed by atoms with Crippen LogP contribution in [0.4, 0.5) is 5.82 Å². The van der Waals surface area contributed by atoms with E-state index in [9.17, 15) is 0 Å². The van der Waals surface area contributed by atoms with E-state index in [1.807, 2.05) is 19.9 Å². The van der Waals surface area contributed by atoms with E-state index < -0.39 is 5.79 Å². The van der Waals surface area contributed by atoms with Crippen LogP contribution in [0.25, 0.3) is 11.0 Å². The lowest BCUT2D eigenvalue weighted by Crippen LogP contribution is -2.28. The van der Waals surface area contributed by atoms with Gasteiger partial charge in [-0.2, -0.15) is 0 Å². The van der Waals surface area contributed by atoms with E-state index in [0.29, 0.717) is 5.82 Å². The lowest BCUT2D eigenvalue weighted by molar-refractivity contribution is -0.158. The summed E-state index contributed by atoms with van der Waals surface area (Å²) >= 11 is 0. The molecule has 0 spiro atoms. The van der Waals surface area contributed by atoms with E-state index in [1.165, 1.54) is 11.3 Å². The molecule has 1 saturated carbocycles. The van der Waals surface area contributed by atoms with Crippen molar-refractivity contribution >= 4 is 16.9 Å². The number of nitrogens with zero attached hydrogens (tertiary/aromatic N) is 3. The predicted molar refractivity (Wildman–Crippen MR) is 95.1 cm³/mol. The second-order valence-electron chi connectivity index (χ2n) is 7.87. The number of aromatic nitrogens is 3. The Morgan fingerprint density at radius 2 is 2.08 bits per heavy atom. The maximum atomic E-state index is 6.31. The number of nitrogen functional groups attached to an aromatic ring is 1. The molecule has 2 aromatic rings. The summed E-state index contributed by atoms with van der Waals surface area (Å²) in [5.41, 5.74) is 9.83. The van der Waals surface area contributed by atoms with Crippen molar-refractivity contribution in [2.45, 2.75) is 63.6 Å². The third-order valence-electron chi connectivity index (χ3n) is 5.98. The summed E-state index contributed by atoms with van der Waals surface area (Å²) in [7, 11) is 0. The van der Waals surface area contributed by atoms with Gasteiger partial charge in [-0.1, -0.05) is 6.08 Å². The number of nitrogens with two attached hydrogens (primary N) is 1. The molecule has 132 valence electrons. The molecule has 5 rings (SSSR count). The summed E-state index contributed by atoms with van der Waals surface area (Å²) in [6, 6.07) is 0.188. The molecule has 0 bridgehead atoms. The van der Waals surface area contributed by atoms with Gasteiger partial charge in [-0.25, -0.2) is 9.97 Å². The summed E-state index contributed by atoms with van der Waals surface area (Å²) in [4.78, 5) is 8.83. The minimum absolute atomic E-state index is 0.00879. The van der Waals surface area contributed by atoms with Gasteiger partial charge in [0, 0.05) is 11.6 Å². The maximum absolute atomic E-state index is 6.31. The van der Waals surface area contributed by atoms with Crippen LogP contribution in [0.2, 0.25) is 0 Å². The van der Waals surface area contributed by atoms with Crippen molar-refractivity contribution < 1.29 is 9.47 Å². The molecule has 1 saturated heterocycles. The predicted octanol–water partition coefficient (Wildman–Crippen LogP) is 2.77. The SMILES string of the molecule is C=CC1C[C@@H](n2c3c(c4c(N)ncnc42)CCC3)[C@@H]2OC(C)(C)O[C@H]12. The van der Waals surface area contributed by atoms with E-state index in [4.69, 9.17) is 15.2 Å². The maximum Gasteiger partial charge on any atom is 0.163 e. The molecule has 6 nitrogen and oxygen atoms in total. The molecular weight excluding hydrogens is 316 g/mol. The minimum Gasteiger partial charge on any atom is -0.383 e. The Balaban J connectivity index is 1.69. The standard InChI is InChI=1S/C19H24N4O2/c1-4-10-8-13(16-15(10)24-19(2,3)25-16)23-12-7-5-6-11(12)14-17(20)21-9-22-18(14)23/h4,9-10,13,15-16H,1,5-8H2,2-3H3,(H2,20,21,22)/t10?,13-,15-,16+/m1/s1. The molecular formula is C19H24N4O2. The van der Waals surface area contributed by atoms with Crippen LogP contribution < -0.4 is 5.73 Å². The average molecular weight is 340 g/mol. The summed E-state index contributed by atoms with van der Waals surface area (Å²) in [6.45, 7) is 8.00. The molecule has 2 N–H and O–H groups in total. The molecule has 25 heavy (non-hydrogen) atoms. The van der Waals surface area contributed by atoms with Gasteiger partial charge in [0.15, 0.2) is 5.79 Å². The van der Waals surface area contributed by atoms with Crippen molar-refractivity contribution in [1.82, 2.24) is 14.5 Å². The fraction of sp³-hybridized carbons (Fsp3) is 0.579. The van der Waals surface area contributed by atoms with E-state index >= 15 is 0 Å². The van der Waals surface area contributed by atoms with Crippen molar-refractivity contribution in [3.8, 4) is 0 Å². The van der Waals surface area contributed by atoms with E-state index in [0.717, 1.165) is 36.7 Å². The van der Waals surface area contributed by atoms with Crippen LogP contribution in [-0.2, 0) is 22.3 Å². The molecule has 4 atom stereocenters. The highest BCUT2D eigenvalue weighted by Gasteiger charge is 2.54. The van der Waals surface area contributed by atoms with Crippen LogP contribution in [0, 0.1) is 5.92 Å². The number of anilines is 1. The molecule has 2 fully saturated rings. The normalized spacial score (nSPS) is 32.9. The van der Waals surface area contributed by atoms with Crippen LogP contribution in [-0.4, -0.2) is 32.5 Å². The second kappa shape index (κ2) is 5.05. The molecule has 0 aromatic carbocycles. The zero-order valence-corrected chi connectivity index (χ0v) is 14.7. The van der Waals surface area contributed by atoms with Gasteiger partial charge in [0.2, 0.25) is 0 Å². The summed E-state index contributed by atoms with van der Waals surface area (Å²) in [6.07, 6.45) is 7.85. The van der Waals surface area contributed by atoms with Crippen LogP contribution in [0.5, 0.6) is 0 Å². The van der Waals surface area contributed by atoms with Gasteiger partial charge in [0.25, 0.3) is 0 Å². The van der Waals surface area contributed by atoms with Crippen molar-refractivity contribution in [3.05, 3.63) is 30.2 Å². The van der Waals surface area contributed by atoms with Crippen LogP contribution in [0.1, 0.15) is 44.0 Å². The fourth-order valence-electron chi connectivity index (χ4n) is 5.09. The number of aryl methyl sites for hydroxylation is 1. The first-order valence-corrected chi connectivity index (χ1v) is 9.10. The van der Waals surface area contributed by atoms with Crippen molar-refractivity contribution in [2.75, 3.05) is 5.73 Å². The Labute approximate surface area is 147 Å². The van der Waals surface area contributed by atoms with Crippen LogP contribution >= 0.6 is 0 Å². The molecule has 2 aliphatic carbocycles. The Morgan fingerprint density at radius 3 is 2.88 bits per heavy atom. The van der Waals surface area contributed by atoms with Gasteiger partial charge in [-0.15, -0.1) is 6.58 Å². The number of fused-ring (bicyclic) bond motifs is 4. The van der Waals surface area contributed by atoms with E-state index in [-0.39, 0.29) is 24.2 Å². The van der Waals surface area contributed by atoms with E-state index in [2.05, 4.69) is 21.1 Å². The third kappa shape index (κ3) is 2.04. The number of rotatable bonds is 2. The molecule has 0 radical (unpaired) electrons. The first-order valence-electron chi connectivity index (χ1n) is 9.10. The monoisotopic (exact) mass is 340 g/mol. The summed E-state index contributed by atoms with van der Waals surface area (Å²) in [5, 5.41) is 1.03. The lowest BCUT2D eigenvalue weighted by Gasteiger charge is -2.25. The number of hydrogen-bond acceptors (Lipinski definition) is 5. The Hall–Kier alpha value is -1.92. The van der Waals surface area contributed by atoms with Gasteiger partial charge < -0.3 is 19.8 Å². The van der Waals surface area contributed by atoms with Gasteiger partial charge >= 0.3 is 0 Å². The molecule has 2 aromatic heterocycles. The largest absolute Gasteiger partial charge is 0.383 e. The van der Waals surface area contributed by atoms with Crippen LogP contribution in [0.3, 0.4) is 0 Å². The highest BCUT2D eigenvalue weighted by Crippen LogP contribution is 2.50. The summed E-state index contributed by atoms with van der Waals surface area (Å²) < 4.78 is 14.9. The Kier molecular flexibility index (Phi) is 3.10. The Morgan fingerprint density at radius 1 is 1.28 bits per heavy atom. The molecule has 1 aliphatic heterocycles. The number of ether oxygens (including phenoxy) is 2. The van der Waals surface area contributed by atoms with Crippen LogP contribution in [0.15, 0.2) is 19.0 Å². The van der Waals surface area contributed by atoms with Crippen molar-refractivity contribution in [3.63, 3.8) is 0 Å². The average Bonchev–Trinajstić information content (AvgIpc) is 3.26. The topological polar surface area (TPSA) is 75.2 Å². The molecule has 1 unspecified atom stereocenters. The molecule has 3 heterocycles.